The van der Waals surface area contributed by atoms with E-state index >= 15 is 0 Å². The molecule has 2 aliphatic rings. The molecule has 0 spiro atoms. The average molecular weight is 403 g/mol. The van der Waals surface area contributed by atoms with Gasteiger partial charge in [-0.3, -0.25) is 14.4 Å². The second kappa shape index (κ2) is 7.47. The molecule has 1 amide bonds. The zero-order valence-corrected chi connectivity index (χ0v) is 17.2. The highest BCUT2D eigenvalue weighted by Crippen LogP contribution is 2.51. The minimum absolute atomic E-state index is 0.0566. The number of nitrogens with zero attached hydrogens (tertiary/aromatic N) is 1. The van der Waals surface area contributed by atoms with E-state index in [0.29, 0.717) is 11.1 Å². The molecule has 0 saturated carbocycles. The lowest BCUT2D eigenvalue weighted by Gasteiger charge is -2.47. The van der Waals surface area contributed by atoms with Crippen LogP contribution in [0.25, 0.3) is 5.57 Å². The van der Waals surface area contributed by atoms with Crippen LogP contribution in [0.2, 0.25) is 0 Å². The van der Waals surface area contributed by atoms with Crippen molar-refractivity contribution in [1.82, 2.24) is 4.90 Å². The van der Waals surface area contributed by atoms with E-state index in [-0.39, 0.29) is 29.3 Å². The van der Waals surface area contributed by atoms with Crippen molar-refractivity contribution in [1.29, 1.82) is 0 Å². The number of carbonyl (C=O) groups excluding carboxylic acids is 4. The fourth-order valence-corrected chi connectivity index (χ4v) is 4.32. The lowest BCUT2D eigenvalue weighted by molar-refractivity contribution is -0.170. The van der Waals surface area contributed by atoms with Crippen LogP contribution in [-0.4, -0.2) is 40.7 Å². The van der Waals surface area contributed by atoms with Crippen LogP contribution in [-0.2, 0) is 23.6 Å². The number of β-lactam (4-membered cyclic amide) rings is 1. The summed E-state index contributed by atoms with van der Waals surface area (Å²) in [6.07, 6.45) is -0.596. The summed E-state index contributed by atoms with van der Waals surface area (Å²) in [5, 5.41) is 0. The first-order valence-corrected chi connectivity index (χ1v) is 9.43. The molecule has 0 aromatic heterocycles. The normalized spacial score (nSPS) is 24.4. The zero-order chi connectivity index (χ0) is 20.7. The van der Waals surface area contributed by atoms with Crippen LogP contribution in [0.4, 0.5) is 0 Å². The number of carbonyl (C=O) groups is 4. The smallest absolute Gasteiger partial charge is 0.357 e. The third-order valence-electron chi connectivity index (χ3n) is 5.41. The van der Waals surface area contributed by atoms with E-state index in [4.69, 9.17) is 9.26 Å². The predicted octanol–water partition coefficient (Wildman–Crippen LogP) is 2.36. The van der Waals surface area contributed by atoms with Gasteiger partial charge in [-0.15, -0.1) is 0 Å². The van der Waals surface area contributed by atoms with Gasteiger partial charge in [-0.05, 0) is 25.0 Å². The Kier molecular flexibility index (Phi) is 5.39. The number of benzene rings is 1. The fraction of sp³-hybridized carbons (Fsp3) is 0.400. The predicted molar refractivity (Wildman–Crippen MR) is 104 cm³/mol. The van der Waals surface area contributed by atoms with Gasteiger partial charge in [-0.2, -0.15) is 0 Å². The summed E-state index contributed by atoms with van der Waals surface area (Å²) in [4.78, 5) is 49.6. The molecule has 0 radical (unpaired) electrons. The van der Waals surface area contributed by atoms with Crippen molar-refractivity contribution in [2.75, 3.05) is 0 Å². The summed E-state index contributed by atoms with van der Waals surface area (Å²) in [5.74, 6) is -2.12. The van der Waals surface area contributed by atoms with E-state index in [1.807, 2.05) is 16.4 Å². The van der Waals surface area contributed by atoms with Crippen LogP contribution in [0.3, 0.4) is 0 Å². The number of esters is 1. The van der Waals surface area contributed by atoms with Gasteiger partial charge < -0.3 is 14.2 Å². The third-order valence-corrected chi connectivity index (χ3v) is 5.63. The maximum Gasteiger partial charge on any atom is 0.357 e. The Bertz CT molecular complexity index is 890. The van der Waals surface area contributed by atoms with Crippen molar-refractivity contribution in [2.24, 2.45) is 11.8 Å². The number of hydrogen-bond acceptors (Lipinski definition) is 6. The maximum atomic E-state index is 12.8. The van der Waals surface area contributed by atoms with Crippen molar-refractivity contribution in [3.8, 4) is 0 Å². The molecule has 1 fully saturated rings. The number of fused-ring (bicyclic) bond motifs is 1. The van der Waals surface area contributed by atoms with E-state index in [9.17, 15) is 19.2 Å². The molecule has 0 bridgehead atoms. The van der Waals surface area contributed by atoms with Crippen LogP contribution >= 0.6 is 9.47 Å². The van der Waals surface area contributed by atoms with Gasteiger partial charge in [0.2, 0.25) is 5.91 Å². The van der Waals surface area contributed by atoms with Gasteiger partial charge in [0, 0.05) is 18.4 Å². The summed E-state index contributed by atoms with van der Waals surface area (Å²) in [6.45, 7) is 6.39. The van der Waals surface area contributed by atoms with Crippen LogP contribution in [0, 0.1) is 11.8 Å². The van der Waals surface area contributed by atoms with Gasteiger partial charge in [0.05, 0.1) is 21.4 Å². The van der Waals surface area contributed by atoms with Gasteiger partial charge >= 0.3 is 11.9 Å². The molecule has 1 saturated heterocycles. The SMILES string of the molecule is CC(=O)O[C@H](C)[C@H]1C(=O)N2C(C(=O)OP)=C(c3ccc(C(C)=O)cc3)[C@H](C)[C@H]12. The van der Waals surface area contributed by atoms with Crippen LogP contribution in [0.15, 0.2) is 30.0 Å². The van der Waals surface area contributed by atoms with Crippen molar-refractivity contribution in [2.45, 2.75) is 39.8 Å². The maximum absolute atomic E-state index is 12.8. The second-order valence-electron chi connectivity index (χ2n) is 7.13. The molecule has 3 rings (SSSR count). The molecule has 2 aliphatic heterocycles. The highest BCUT2D eigenvalue weighted by Gasteiger charge is 2.61. The fourth-order valence-electron chi connectivity index (χ4n) is 4.20. The summed E-state index contributed by atoms with van der Waals surface area (Å²) < 4.78 is 10.1. The highest BCUT2D eigenvalue weighted by molar-refractivity contribution is 7.10. The average Bonchev–Trinajstić information content (AvgIpc) is 2.89. The Morgan fingerprint density at radius 3 is 2.25 bits per heavy atom. The Balaban J connectivity index is 2.02. The number of ketones is 1. The van der Waals surface area contributed by atoms with Crippen molar-refractivity contribution in [3.63, 3.8) is 0 Å². The standard InChI is InChI=1S/C20H22NO6P/c1-9-15(14-7-5-13(6-8-14)10(2)22)18(20(25)27-28)21-17(9)16(19(21)24)11(3)26-12(4)23/h5-9,11,16-17H,28H2,1-4H3/t9-,11+,16+,17+/m0/s1. The largest absolute Gasteiger partial charge is 0.462 e. The molecule has 1 aromatic carbocycles. The topological polar surface area (TPSA) is 90.0 Å². The highest BCUT2D eigenvalue weighted by atomic mass is 31.0. The van der Waals surface area contributed by atoms with E-state index in [2.05, 4.69) is 0 Å². The van der Waals surface area contributed by atoms with Gasteiger partial charge in [-0.1, -0.05) is 31.2 Å². The number of hydrogen-bond donors (Lipinski definition) is 0. The van der Waals surface area contributed by atoms with Gasteiger partial charge in [0.25, 0.3) is 0 Å². The van der Waals surface area contributed by atoms with E-state index in [0.717, 1.165) is 5.56 Å². The second-order valence-corrected chi connectivity index (χ2v) is 7.36. The number of Topliss-reactive ketones (excluding diaryl/α,β-unsaturated/α-hetero) is 1. The van der Waals surface area contributed by atoms with E-state index in [1.165, 1.54) is 18.7 Å². The minimum atomic E-state index is -0.628. The summed E-state index contributed by atoms with van der Waals surface area (Å²) in [5.41, 5.74) is 2.17. The van der Waals surface area contributed by atoms with Gasteiger partial charge in [-0.25, -0.2) is 4.79 Å². The van der Waals surface area contributed by atoms with Crippen LogP contribution in [0.1, 0.15) is 43.6 Å². The van der Waals surface area contributed by atoms with Crippen molar-refractivity contribution in [3.05, 3.63) is 41.1 Å². The molecule has 1 aromatic rings. The molecule has 0 aliphatic carbocycles. The first-order chi connectivity index (χ1) is 13.2. The Labute approximate surface area is 165 Å². The minimum Gasteiger partial charge on any atom is -0.462 e. The first kappa shape index (κ1) is 20.2. The van der Waals surface area contributed by atoms with Crippen LogP contribution in [0.5, 0.6) is 0 Å². The van der Waals surface area contributed by atoms with Crippen molar-refractivity contribution >= 4 is 38.7 Å². The molecule has 8 heteroatoms. The third kappa shape index (κ3) is 3.14. The van der Waals surface area contributed by atoms with Crippen LogP contribution < -0.4 is 0 Å². The molecule has 2 heterocycles. The number of ether oxygens (including phenoxy) is 1. The number of amides is 1. The quantitative estimate of drug-likeness (QED) is 0.325. The first-order valence-electron chi connectivity index (χ1n) is 8.95. The van der Waals surface area contributed by atoms with Crippen molar-refractivity contribution < 1.29 is 28.4 Å². The molecule has 1 unspecified atom stereocenters. The summed E-state index contributed by atoms with van der Waals surface area (Å²) in [6, 6.07) is 6.61. The Hall–Kier alpha value is -2.53. The Morgan fingerprint density at radius 2 is 1.75 bits per heavy atom. The summed E-state index contributed by atoms with van der Waals surface area (Å²) >= 11 is 0. The molecular weight excluding hydrogens is 381 g/mol. The lowest BCUT2D eigenvalue weighted by atomic mass is 9.76. The Morgan fingerprint density at radius 1 is 1.14 bits per heavy atom. The van der Waals surface area contributed by atoms with Gasteiger partial charge in [0.15, 0.2) is 5.78 Å². The summed E-state index contributed by atoms with van der Waals surface area (Å²) in [7, 11) is 1.91. The lowest BCUT2D eigenvalue weighted by Crippen LogP contribution is -2.64. The molecule has 7 nitrogen and oxygen atoms in total. The molecule has 5 atom stereocenters. The van der Waals surface area contributed by atoms with E-state index < -0.39 is 24.0 Å². The molecular formula is C20H22NO6P. The molecule has 0 N–H and O–H groups in total. The monoisotopic (exact) mass is 403 g/mol. The zero-order valence-electron chi connectivity index (χ0n) is 16.1. The molecule has 148 valence electrons. The van der Waals surface area contributed by atoms with E-state index in [1.54, 1.807) is 31.2 Å². The van der Waals surface area contributed by atoms with Gasteiger partial charge in [0.1, 0.15) is 11.8 Å². The number of rotatable bonds is 5. The molecule has 28 heavy (non-hydrogen) atoms.